The van der Waals surface area contributed by atoms with Gasteiger partial charge in [0.1, 0.15) is 11.5 Å². The molecule has 0 spiro atoms. The summed E-state index contributed by atoms with van der Waals surface area (Å²) >= 11 is 0. The van der Waals surface area contributed by atoms with E-state index in [4.69, 9.17) is 4.74 Å². The van der Waals surface area contributed by atoms with Gasteiger partial charge in [-0.15, -0.1) is 0 Å². The lowest BCUT2D eigenvalue weighted by Gasteiger charge is -2.48. The summed E-state index contributed by atoms with van der Waals surface area (Å²) in [4.78, 5) is 18.3. The zero-order valence-electron chi connectivity index (χ0n) is 20.9. The van der Waals surface area contributed by atoms with Gasteiger partial charge in [0.15, 0.2) is 5.67 Å². The van der Waals surface area contributed by atoms with Crippen molar-refractivity contribution in [1.29, 1.82) is 0 Å². The number of aliphatic hydroxyl groups excluding tert-OH is 1. The van der Waals surface area contributed by atoms with Gasteiger partial charge in [-0.1, -0.05) is 6.07 Å². The molecule has 0 saturated carbocycles. The third-order valence-electron chi connectivity index (χ3n) is 7.21. The quantitative estimate of drug-likeness (QED) is 0.454. The molecule has 2 N–H and O–H groups in total. The maximum absolute atomic E-state index is 15.6. The molecule has 200 valence electrons. The minimum atomic E-state index is -3.20. The first-order valence-electron chi connectivity index (χ1n) is 12.2. The molecule has 2 aromatic carbocycles. The Balaban J connectivity index is 1.49. The Labute approximate surface area is 217 Å². The number of rotatable bonds is 5. The number of fused-ring (bicyclic) bond motifs is 3. The molecule has 0 unspecified atom stereocenters. The van der Waals surface area contributed by atoms with Crippen molar-refractivity contribution in [1.82, 2.24) is 4.98 Å². The standard InChI is InChI=1S/C28H27F4N3O3/c1-16-3-4-19(34-26(37)17-5-6-33-24(10-17)27(2,30)31)11-20(16)21-12-23-18(9-22(21)29)13-28(32,15-36)25-14-38-8-7-35(23)25/h3-6,9-12,25,36H,7-8,13-15H2,1-2H3,(H,34,37)/t25-,28+/m0/s1. The van der Waals surface area contributed by atoms with E-state index >= 15 is 8.78 Å². The fraction of sp³-hybridized carbons (Fsp3) is 0.357. The summed E-state index contributed by atoms with van der Waals surface area (Å²) in [7, 11) is 0. The number of aromatic nitrogens is 1. The molecule has 1 amide bonds. The second-order valence-electron chi connectivity index (χ2n) is 9.92. The largest absolute Gasteiger partial charge is 0.393 e. The zero-order valence-corrected chi connectivity index (χ0v) is 20.9. The SMILES string of the molecule is Cc1ccc(NC(=O)c2ccnc(C(C)(F)F)c2)cc1-c1cc2c(cc1F)C[C@@](F)(CO)[C@@H]1COCCN21. The first-order chi connectivity index (χ1) is 18.0. The van der Waals surface area contributed by atoms with Crippen molar-refractivity contribution in [2.45, 2.75) is 37.9 Å². The van der Waals surface area contributed by atoms with E-state index in [1.807, 2.05) is 4.90 Å². The van der Waals surface area contributed by atoms with Crippen molar-refractivity contribution in [3.8, 4) is 11.1 Å². The minimum absolute atomic E-state index is 0.00978. The van der Waals surface area contributed by atoms with E-state index in [1.165, 1.54) is 12.1 Å². The average Bonchev–Trinajstić information content (AvgIpc) is 2.89. The molecule has 2 aliphatic heterocycles. The Morgan fingerprint density at radius 2 is 2.03 bits per heavy atom. The highest BCUT2D eigenvalue weighted by molar-refractivity contribution is 6.04. The molecule has 1 aromatic heterocycles. The second kappa shape index (κ2) is 9.67. The summed E-state index contributed by atoms with van der Waals surface area (Å²) in [5, 5.41) is 12.4. The van der Waals surface area contributed by atoms with Gasteiger partial charge in [0.05, 0.1) is 25.9 Å². The lowest BCUT2D eigenvalue weighted by molar-refractivity contribution is -0.0173. The van der Waals surface area contributed by atoms with Gasteiger partial charge >= 0.3 is 0 Å². The molecular weight excluding hydrogens is 502 g/mol. The molecular formula is C28H27F4N3O3. The number of carbonyl (C=O) groups excluding carboxylic acids is 1. The van der Waals surface area contributed by atoms with Crippen LogP contribution in [0.3, 0.4) is 0 Å². The number of alkyl halides is 3. The summed E-state index contributed by atoms with van der Waals surface area (Å²) in [6.45, 7) is 2.70. The van der Waals surface area contributed by atoms with Gasteiger partial charge in [-0.3, -0.25) is 9.78 Å². The van der Waals surface area contributed by atoms with Crippen LogP contribution in [0.1, 0.15) is 34.1 Å². The summed E-state index contributed by atoms with van der Waals surface area (Å²) < 4.78 is 63.8. The molecule has 2 aliphatic rings. The van der Waals surface area contributed by atoms with Crippen molar-refractivity contribution in [3.05, 3.63) is 76.9 Å². The van der Waals surface area contributed by atoms with Crippen LogP contribution in [0.25, 0.3) is 11.1 Å². The van der Waals surface area contributed by atoms with Gasteiger partial charge in [0.2, 0.25) is 0 Å². The number of hydrogen-bond acceptors (Lipinski definition) is 5. The predicted molar refractivity (Wildman–Crippen MR) is 135 cm³/mol. The molecule has 10 heteroatoms. The van der Waals surface area contributed by atoms with E-state index in [-0.39, 0.29) is 24.2 Å². The summed E-state index contributed by atoms with van der Waals surface area (Å²) in [5.74, 6) is -4.38. The summed E-state index contributed by atoms with van der Waals surface area (Å²) in [6, 6.07) is 9.61. The first kappa shape index (κ1) is 26.1. The van der Waals surface area contributed by atoms with Gasteiger partial charge in [0, 0.05) is 48.6 Å². The van der Waals surface area contributed by atoms with Crippen molar-refractivity contribution in [2.24, 2.45) is 0 Å². The Morgan fingerprint density at radius 3 is 2.76 bits per heavy atom. The molecule has 0 bridgehead atoms. The van der Waals surface area contributed by atoms with Crippen LogP contribution < -0.4 is 10.2 Å². The lowest BCUT2D eigenvalue weighted by Crippen LogP contribution is -2.62. The van der Waals surface area contributed by atoms with Crippen molar-refractivity contribution < 1.29 is 32.2 Å². The predicted octanol–water partition coefficient (Wildman–Crippen LogP) is 5.02. The molecule has 1 saturated heterocycles. The van der Waals surface area contributed by atoms with Crippen LogP contribution in [0.2, 0.25) is 0 Å². The molecule has 1 fully saturated rings. The summed E-state index contributed by atoms with van der Waals surface area (Å²) in [6.07, 6.45) is 1.01. The lowest BCUT2D eigenvalue weighted by atomic mass is 9.82. The molecule has 2 atom stereocenters. The fourth-order valence-corrected chi connectivity index (χ4v) is 5.14. The highest BCUT2D eigenvalue weighted by Crippen LogP contribution is 2.43. The molecule has 5 rings (SSSR count). The van der Waals surface area contributed by atoms with E-state index in [0.29, 0.717) is 42.6 Å². The van der Waals surface area contributed by atoms with Crippen LogP contribution in [-0.4, -0.2) is 54.1 Å². The molecule has 38 heavy (non-hydrogen) atoms. The zero-order chi connectivity index (χ0) is 27.2. The van der Waals surface area contributed by atoms with E-state index < -0.39 is 41.7 Å². The number of pyridine rings is 1. The Hall–Kier alpha value is -3.50. The number of amides is 1. The average molecular weight is 530 g/mol. The van der Waals surface area contributed by atoms with E-state index in [0.717, 1.165) is 17.8 Å². The maximum atomic E-state index is 15.6. The number of nitrogens with one attached hydrogen (secondary N) is 1. The number of aliphatic hydroxyl groups is 1. The van der Waals surface area contributed by atoms with Gasteiger partial charge in [-0.2, -0.15) is 8.78 Å². The van der Waals surface area contributed by atoms with Crippen molar-refractivity contribution in [2.75, 3.05) is 36.6 Å². The fourth-order valence-electron chi connectivity index (χ4n) is 5.14. The van der Waals surface area contributed by atoms with Crippen LogP contribution in [0, 0.1) is 12.7 Å². The normalized spacial score (nSPS) is 21.0. The molecule has 6 nitrogen and oxygen atoms in total. The van der Waals surface area contributed by atoms with E-state index in [9.17, 15) is 18.7 Å². The molecule has 3 heterocycles. The number of nitrogens with zero attached hydrogens (tertiary/aromatic N) is 2. The van der Waals surface area contributed by atoms with Crippen molar-refractivity contribution >= 4 is 17.3 Å². The number of halogens is 4. The van der Waals surface area contributed by atoms with Gasteiger partial charge in [-0.25, -0.2) is 8.78 Å². The van der Waals surface area contributed by atoms with Crippen LogP contribution in [0.4, 0.5) is 28.9 Å². The van der Waals surface area contributed by atoms with Gasteiger partial charge in [-0.05, 0) is 60.0 Å². The third-order valence-corrected chi connectivity index (χ3v) is 7.21. The monoisotopic (exact) mass is 529 g/mol. The molecule has 3 aromatic rings. The Bertz CT molecular complexity index is 1390. The van der Waals surface area contributed by atoms with E-state index in [1.54, 1.807) is 31.2 Å². The highest BCUT2D eigenvalue weighted by Gasteiger charge is 2.48. The van der Waals surface area contributed by atoms with Crippen LogP contribution >= 0.6 is 0 Å². The second-order valence-corrected chi connectivity index (χ2v) is 9.92. The van der Waals surface area contributed by atoms with Gasteiger partial charge in [0.25, 0.3) is 11.8 Å². The van der Waals surface area contributed by atoms with Crippen LogP contribution in [0.5, 0.6) is 0 Å². The highest BCUT2D eigenvalue weighted by atomic mass is 19.3. The minimum Gasteiger partial charge on any atom is -0.393 e. The number of ether oxygens (including phenoxy) is 1. The van der Waals surface area contributed by atoms with E-state index in [2.05, 4.69) is 10.3 Å². The smallest absolute Gasteiger partial charge is 0.286 e. The van der Waals surface area contributed by atoms with Crippen LogP contribution in [0.15, 0.2) is 48.7 Å². The van der Waals surface area contributed by atoms with Crippen LogP contribution in [-0.2, 0) is 17.1 Å². The third kappa shape index (κ3) is 4.74. The number of aryl methyl sites for hydroxylation is 1. The topological polar surface area (TPSA) is 74.7 Å². The molecule has 0 aliphatic carbocycles. The number of carbonyl (C=O) groups is 1. The Kier molecular flexibility index (Phi) is 6.65. The first-order valence-corrected chi connectivity index (χ1v) is 12.2. The van der Waals surface area contributed by atoms with Crippen molar-refractivity contribution in [3.63, 3.8) is 0 Å². The number of morpholine rings is 1. The van der Waals surface area contributed by atoms with Gasteiger partial charge < -0.3 is 20.1 Å². The molecule has 0 radical (unpaired) electrons. The number of hydrogen-bond donors (Lipinski definition) is 2. The Morgan fingerprint density at radius 1 is 1.24 bits per heavy atom. The summed E-state index contributed by atoms with van der Waals surface area (Å²) in [5.41, 5.74) is 0.554. The number of benzene rings is 2. The maximum Gasteiger partial charge on any atom is 0.286 e. The number of anilines is 2.